The zero-order chi connectivity index (χ0) is 14.9. The van der Waals surface area contributed by atoms with Gasteiger partial charge in [-0.1, -0.05) is 0 Å². The second-order valence-electron chi connectivity index (χ2n) is 5.06. The summed E-state index contributed by atoms with van der Waals surface area (Å²) in [5, 5.41) is 10.9. The third kappa shape index (κ3) is 3.11. The molecule has 2 rings (SSSR count). The van der Waals surface area contributed by atoms with E-state index in [4.69, 9.17) is 10.5 Å². The van der Waals surface area contributed by atoms with Crippen LogP contribution in [0.4, 0.5) is 11.4 Å². The molecule has 1 heterocycles. The molecule has 2 atom stereocenters. The van der Waals surface area contributed by atoms with Crippen LogP contribution in [-0.4, -0.2) is 36.8 Å². The number of hydrogen-bond acceptors (Lipinski definition) is 5. The van der Waals surface area contributed by atoms with Crippen LogP contribution in [0.1, 0.15) is 12.5 Å². The molecular weight excluding hydrogens is 326 g/mol. The zero-order valence-electron chi connectivity index (χ0n) is 11.5. The predicted octanol–water partition coefficient (Wildman–Crippen LogP) is 2.22. The first-order valence-electron chi connectivity index (χ1n) is 6.47. The molecule has 0 amide bonds. The molecule has 0 aliphatic carbocycles. The van der Waals surface area contributed by atoms with E-state index in [1.807, 2.05) is 13.0 Å². The van der Waals surface area contributed by atoms with Crippen LogP contribution in [0.25, 0.3) is 0 Å². The van der Waals surface area contributed by atoms with Gasteiger partial charge in [0.25, 0.3) is 5.69 Å². The molecule has 20 heavy (non-hydrogen) atoms. The highest BCUT2D eigenvalue weighted by Gasteiger charge is 2.26. The molecule has 1 aliphatic heterocycles. The highest BCUT2D eigenvalue weighted by molar-refractivity contribution is 9.10. The topological polar surface area (TPSA) is 81.6 Å². The summed E-state index contributed by atoms with van der Waals surface area (Å²) in [6.45, 7) is 5.71. The quantitative estimate of drug-likeness (QED) is 0.672. The van der Waals surface area contributed by atoms with Gasteiger partial charge in [-0.3, -0.25) is 10.1 Å². The minimum absolute atomic E-state index is 0.0221. The van der Waals surface area contributed by atoms with Gasteiger partial charge in [0.15, 0.2) is 0 Å². The molecular formula is C13H18BrN3O3. The minimum Gasteiger partial charge on any atom is -0.373 e. The number of aryl methyl sites for hydroxylation is 1. The van der Waals surface area contributed by atoms with Crippen LogP contribution < -0.4 is 10.6 Å². The van der Waals surface area contributed by atoms with Crippen molar-refractivity contribution in [2.45, 2.75) is 26.0 Å². The lowest BCUT2D eigenvalue weighted by Gasteiger charge is -2.36. The number of anilines is 1. The molecule has 1 saturated heterocycles. The maximum Gasteiger partial charge on any atom is 0.273 e. The molecule has 1 aliphatic rings. The predicted molar refractivity (Wildman–Crippen MR) is 81.1 cm³/mol. The molecule has 7 heteroatoms. The lowest BCUT2D eigenvalue weighted by Crippen LogP contribution is -2.49. The molecule has 0 radical (unpaired) electrons. The fraction of sp³-hybridized carbons (Fsp3) is 0.538. The summed E-state index contributed by atoms with van der Waals surface area (Å²) in [6, 6.07) is 3.35. The number of nitro groups is 1. The van der Waals surface area contributed by atoms with Gasteiger partial charge in [0.05, 0.1) is 23.3 Å². The lowest BCUT2D eigenvalue weighted by molar-refractivity contribution is -0.385. The first-order chi connectivity index (χ1) is 9.40. The highest BCUT2D eigenvalue weighted by Crippen LogP contribution is 2.34. The Morgan fingerprint density at radius 2 is 2.30 bits per heavy atom. The second kappa shape index (κ2) is 6.07. The van der Waals surface area contributed by atoms with E-state index in [0.717, 1.165) is 16.7 Å². The average Bonchev–Trinajstić information content (AvgIpc) is 2.40. The van der Waals surface area contributed by atoms with Crippen LogP contribution in [0.3, 0.4) is 0 Å². The van der Waals surface area contributed by atoms with Crippen LogP contribution >= 0.6 is 15.9 Å². The van der Waals surface area contributed by atoms with Crippen LogP contribution in [0, 0.1) is 17.0 Å². The maximum absolute atomic E-state index is 10.9. The molecule has 110 valence electrons. The molecule has 0 bridgehead atoms. The van der Waals surface area contributed by atoms with Gasteiger partial charge in [-0.05, 0) is 35.8 Å². The number of ether oxygens (including phenoxy) is 1. The number of rotatable bonds is 3. The highest BCUT2D eigenvalue weighted by atomic mass is 79.9. The van der Waals surface area contributed by atoms with Crippen molar-refractivity contribution in [1.82, 2.24) is 0 Å². The second-order valence-corrected chi connectivity index (χ2v) is 5.92. The number of benzene rings is 1. The van der Waals surface area contributed by atoms with Crippen molar-refractivity contribution >= 4 is 27.3 Å². The van der Waals surface area contributed by atoms with Crippen molar-refractivity contribution in [3.05, 3.63) is 32.3 Å². The number of halogens is 1. The largest absolute Gasteiger partial charge is 0.373 e. The van der Waals surface area contributed by atoms with E-state index < -0.39 is 0 Å². The van der Waals surface area contributed by atoms with Crippen molar-refractivity contribution in [2.24, 2.45) is 5.73 Å². The molecule has 1 aromatic rings. The SMILES string of the molecule is Cc1cc(N2CCOC(C(C)N)C2)c(Br)cc1[N+](=O)[O-]. The molecule has 1 aromatic carbocycles. The van der Waals surface area contributed by atoms with Crippen LogP contribution in [0.5, 0.6) is 0 Å². The van der Waals surface area contributed by atoms with Gasteiger partial charge >= 0.3 is 0 Å². The van der Waals surface area contributed by atoms with Gasteiger partial charge in [0.2, 0.25) is 0 Å². The van der Waals surface area contributed by atoms with Crippen LogP contribution in [-0.2, 0) is 4.74 Å². The Hall–Kier alpha value is -1.18. The van der Waals surface area contributed by atoms with Gasteiger partial charge in [0, 0.05) is 35.2 Å². The maximum atomic E-state index is 10.9. The summed E-state index contributed by atoms with van der Waals surface area (Å²) in [7, 11) is 0. The van der Waals surface area contributed by atoms with Gasteiger partial charge in [-0.25, -0.2) is 0 Å². The van der Waals surface area contributed by atoms with Gasteiger partial charge < -0.3 is 15.4 Å². The smallest absolute Gasteiger partial charge is 0.273 e. The van der Waals surface area contributed by atoms with E-state index in [-0.39, 0.29) is 22.8 Å². The standard InChI is InChI=1S/C13H18BrN3O3/c1-8-5-12(10(14)6-11(8)17(18)19)16-3-4-20-13(7-16)9(2)15/h5-6,9,13H,3-4,7,15H2,1-2H3. The molecule has 2 N–H and O–H groups in total. The Morgan fingerprint density at radius 3 is 2.90 bits per heavy atom. The molecule has 1 fully saturated rings. The van der Waals surface area contributed by atoms with E-state index >= 15 is 0 Å². The number of nitro benzene ring substituents is 1. The van der Waals surface area contributed by atoms with Gasteiger partial charge in [-0.15, -0.1) is 0 Å². The number of morpholine rings is 1. The number of nitrogens with two attached hydrogens (primary N) is 1. The fourth-order valence-corrected chi connectivity index (χ4v) is 2.89. The van der Waals surface area contributed by atoms with E-state index in [0.29, 0.717) is 18.7 Å². The van der Waals surface area contributed by atoms with Crippen LogP contribution in [0.15, 0.2) is 16.6 Å². The molecule has 6 nitrogen and oxygen atoms in total. The Kier molecular flexibility index (Phi) is 4.62. The van der Waals surface area contributed by atoms with Crippen molar-refractivity contribution in [3.63, 3.8) is 0 Å². The zero-order valence-corrected chi connectivity index (χ0v) is 13.1. The molecule has 2 unspecified atom stereocenters. The van der Waals surface area contributed by atoms with Crippen molar-refractivity contribution in [2.75, 3.05) is 24.6 Å². The third-order valence-electron chi connectivity index (χ3n) is 3.48. The first-order valence-corrected chi connectivity index (χ1v) is 7.26. The normalized spacial score (nSPS) is 20.8. The lowest BCUT2D eigenvalue weighted by atomic mass is 10.1. The summed E-state index contributed by atoms with van der Waals surface area (Å²) >= 11 is 3.42. The molecule has 0 aromatic heterocycles. The summed E-state index contributed by atoms with van der Waals surface area (Å²) < 4.78 is 6.36. The summed E-state index contributed by atoms with van der Waals surface area (Å²) in [6.07, 6.45) is -0.0221. The molecule has 0 spiro atoms. The average molecular weight is 344 g/mol. The van der Waals surface area contributed by atoms with Crippen molar-refractivity contribution in [3.8, 4) is 0 Å². The van der Waals surface area contributed by atoms with E-state index in [2.05, 4.69) is 20.8 Å². The Labute approximate surface area is 126 Å². The summed E-state index contributed by atoms with van der Waals surface area (Å²) in [5.41, 5.74) is 7.61. The van der Waals surface area contributed by atoms with Gasteiger partial charge in [-0.2, -0.15) is 0 Å². The van der Waals surface area contributed by atoms with Crippen molar-refractivity contribution in [1.29, 1.82) is 0 Å². The first kappa shape index (κ1) is 15.2. The Bertz CT molecular complexity index is 522. The van der Waals surface area contributed by atoms with E-state index in [9.17, 15) is 10.1 Å². The van der Waals surface area contributed by atoms with E-state index in [1.165, 1.54) is 0 Å². The minimum atomic E-state index is -0.367. The van der Waals surface area contributed by atoms with Gasteiger partial charge in [0.1, 0.15) is 0 Å². The third-order valence-corrected chi connectivity index (χ3v) is 4.12. The Balaban J connectivity index is 2.28. The Morgan fingerprint density at radius 1 is 1.60 bits per heavy atom. The number of nitrogens with zero attached hydrogens (tertiary/aromatic N) is 2. The monoisotopic (exact) mass is 343 g/mol. The number of hydrogen-bond donors (Lipinski definition) is 1. The molecule has 0 saturated carbocycles. The summed E-state index contributed by atoms with van der Waals surface area (Å²) in [5.74, 6) is 0. The summed E-state index contributed by atoms with van der Waals surface area (Å²) in [4.78, 5) is 12.7. The van der Waals surface area contributed by atoms with E-state index in [1.54, 1.807) is 13.0 Å². The fourth-order valence-electron chi connectivity index (χ4n) is 2.31. The van der Waals surface area contributed by atoms with Crippen molar-refractivity contribution < 1.29 is 9.66 Å². The van der Waals surface area contributed by atoms with Crippen LogP contribution in [0.2, 0.25) is 0 Å².